The van der Waals surface area contributed by atoms with Gasteiger partial charge in [0.2, 0.25) is 5.91 Å². The summed E-state index contributed by atoms with van der Waals surface area (Å²) in [5.74, 6) is -2.47. The molecule has 4 N–H and O–H groups in total. The average molecular weight is 565 g/mol. The maximum absolute atomic E-state index is 13.7. The Morgan fingerprint density at radius 1 is 0.925 bits per heavy atom. The van der Waals surface area contributed by atoms with E-state index in [1.165, 1.54) is 0 Å². The molecular weight excluding hydrogens is 532 g/mol. The van der Waals surface area contributed by atoms with Crippen LogP contribution in [0.1, 0.15) is 37.8 Å². The first-order valence-electron chi connectivity index (χ1n) is 13.1. The summed E-state index contributed by atoms with van der Waals surface area (Å²) >= 11 is 6.24. The van der Waals surface area contributed by atoms with E-state index in [4.69, 9.17) is 21.1 Å². The smallest absolute Gasteiger partial charge is 0.320 e. The molecule has 4 rings (SSSR count). The minimum absolute atomic E-state index is 0.179. The number of ether oxygens (including phenoxy) is 2. The zero-order chi connectivity index (χ0) is 28.8. The quantitative estimate of drug-likeness (QED) is 0.219. The van der Waals surface area contributed by atoms with Crippen molar-refractivity contribution in [1.82, 2.24) is 5.32 Å². The highest BCUT2D eigenvalue weighted by molar-refractivity contribution is 6.33. The third kappa shape index (κ3) is 6.44. The molecule has 0 unspecified atom stereocenters. The fourth-order valence-electron chi connectivity index (χ4n) is 4.89. The van der Waals surface area contributed by atoms with Gasteiger partial charge >= 0.3 is 6.03 Å². The van der Waals surface area contributed by atoms with Crippen molar-refractivity contribution in [3.63, 3.8) is 0 Å². The highest BCUT2D eigenvalue weighted by Crippen LogP contribution is 2.43. The molecule has 210 valence electrons. The Kier molecular flexibility index (Phi) is 9.09. The van der Waals surface area contributed by atoms with E-state index in [0.717, 1.165) is 5.56 Å². The summed E-state index contributed by atoms with van der Waals surface area (Å²) < 4.78 is 12.2. The Hall–Kier alpha value is -3.92. The second kappa shape index (κ2) is 12.5. The van der Waals surface area contributed by atoms with E-state index in [1.807, 2.05) is 19.1 Å². The summed E-state index contributed by atoms with van der Waals surface area (Å²) in [6, 6.07) is 20.6. The zero-order valence-electron chi connectivity index (χ0n) is 22.7. The van der Waals surface area contributed by atoms with Crippen LogP contribution < -0.4 is 21.3 Å². The van der Waals surface area contributed by atoms with Gasteiger partial charge in [0.1, 0.15) is 0 Å². The molecule has 0 aromatic heterocycles. The fraction of sp³-hybridized carbons (Fsp3) is 0.300. The molecule has 0 bridgehead atoms. The van der Waals surface area contributed by atoms with E-state index in [0.29, 0.717) is 27.6 Å². The number of aryl methyl sites for hydroxylation is 1. The highest BCUT2D eigenvalue weighted by Gasteiger charge is 2.54. The SMILES string of the molecule is CCOC(CC(=O)Nc1ccccc1Cl)(C[C@@]1(NC(=O)Nc2ccc(C)cc2)C(=O)Nc2ccccc21)OCC. The van der Waals surface area contributed by atoms with Crippen molar-refractivity contribution in [1.29, 1.82) is 0 Å². The van der Waals surface area contributed by atoms with Crippen LogP contribution in [0.4, 0.5) is 21.9 Å². The molecule has 9 nitrogen and oxygen atoms in total. The molecule has 1 heterocycles. The standard InChI is InChI=1S/C30H33ClN4O5/c1-4-39-29(40-5-2,18-26(36)33-25-13-9-7-11-23(25)31)19-30(22-10-6-8-12-24(22)34-27(30)37)35-28(38)32-21-16-14-20(3)15-17-21/h6-17H,4-5,18-19H2,1-3H3,(H,33,36)(H,34,37)(H2,32,35,38)/t30-/m0/s1. The van der Waals surface area contributed by atoms with Crippen LogP contribution in [0.5, 0.6) is 0 Å². The number of anilines is 3. The second-order valence-electron chi connectivity index (χ2n) is 9.51. The van der Waals surface area contributed by atoms with E-state index < -0.39 is 29.2 Å². The van der Waals surface area contributed by atoms with E-state index >= 15 is 0 Å². The maximum atomic E-state index is 13.7. The van der Waals surface area contributed by atoms with Gasteiger partial charge in [-0.2, -0.15) is 0 Å². The van der Waals surface area contributed by atoms with Gasteiger partial charge in [-0.15, -0.1) is 0 Å². The van der Waals surface area contributed by atoms with Crippen LogP contribution in [0.15, 0.2) is 72.8 Å². The molecule has 0 saturated carbocycles. The number of carbonyl (C=O) groups is 3. The van der Waals surface area contributed by atoms with Gasteiger partial charge in [-0.25, -0.2) is 4.79 Å². The van der Waals surface area contributed by atoms with Crippen LogP contribution in [0.3, 0.4) is 0 Å². The highest BCUT2D eigenvalue weighted by atomic mass is 35.5. The third-order valence-electron chi connectivity index (χ3n) is 6.59. The van der Waals surface area contributed by atoms with Crippen molar-refractivity contribution in [2.75, 3.05) is 29.2 Å². The Bertz CT molecular complexity index is 1370. The number of urea groups is 1. The molecule has 3 aromatic carbocycles. The van der Waals surface area contributed by atoms with Crippen LogP contribution >= 0.6 is 11.6 Å². The Morgan fingerprint density at radius 3 is 2.25 bits per heavy atom. The van der Waals surface area contributed by atoms with E-state index in [1.54, 1.807) is 74.5 Å². The Morgan fingerprint density at radius 2 is 1.57 bits per heavy atom. The van der Waals surface area contributed by atoms with Crippen LogP contribution in [0.2, 0.25) is 5.02 Å². The van der Waals surface area contributed by atoms with Gasteiger partial charge in [0.05, 0.1) is 17.1 Å². The summed E-state index contributed by atoms with van der Waals surface area (Å²) in [7, 11) is 0. The molecule has 1 aliphatic heterocycles. The van der Waals surface area contributed by atoms with Crippen LogP contribution in [0, 0.1) is 6.92 Å². The molecule has 0 radical (unpaired) electrons. The molecule has 40 heavy (non-hydrogen) atoms. The summed E-state index contributed by atoms with van der Waals surface area (Å²) in [5, 5.41) is 11.7. The second-order valence-corrected chi connectivity index (χ2v) is 9.92. The van der Waals surface area contributed by atoms with Crippen molar-refractivity contribution in [2.24, 2.45) is 0 Å². The maximum Gasteiger partial charge on any atom is 0.320 e. The molecule has 0 fully saturated rings. The van der Waals surface area contributed by atoms with Crippen LogP contribution in [-0.2, 0) is 24.6 Å². The monoisotopic (exact) mass is 564 g/mol. The minimum Gasteiger partial charge on any atom is -0.350 e. The van der Waals surface area contributed by atoms with Crippen molar-refractivity contribution >= 4 is 46.5 Å². The lowest BCUT2D eigenvalue weighted by Gasteiger charge is -2.40. The minimum atomic E-state index is -1.61. The normalized spacial score (nSPS) is 16.1. The largest absolute Gasteiger partial charge is 0.350 e. The summed E-state index contributed by atoms with van der Waals surface area (Å²) in [5.41, 5.74) is 1.51. The number of halogens is 1. The lowest BCUT2D eigenvalue weighted by molar-refractivity contribution is -0.245. The number of hydrogen-bond donors (Lipinski definition) is 4. The molecule has 0 spiro atoms. The van der Waals surface area contributed by atoms with Crippen molar-refractivity contribution in [3.8, 4) is 0 Å². The predicted octanol–water partition coefficient (Wildman–Crippen LogP) is 5.81. The van der Waals surface area contributed by atoms with Gasteiger partial charge in [0.15, 0.2) is 11.3 Å². The average Bonchev–Trinajstić information content (AvgIpc) is 3.17. The van der Waals surface area contributed by atoms with Crippen molar-refractivity contribution < 1.29 is 23.9 Å². The number of nitrogens with one attached hydrogen (secondary N) is 4. The number of para-hydroxylation sites is 2. The molecule has 4 amide bonds. The lowest BCUT2D eigenvalue weighted by atomic mass is 9.83. The molecule has 1 aliphatic rings. The lowest BCUT2D eigenvalue weighted by Crippen LogP contribution is -2.58. The number of benzene rings is 3. The number of hydrogen-bond acceptors (Lipinski definition) is 5. The number of amides is 4. The first-order valence-corrected chi connectivity index (χ1v) is 13.5. The number of fused-ring (bicyclic) bond motifs is 1. The van der Waals surface area contributed by atoms with Gasteiger partial charge in [-0.1, -0.05) is 59.6 Å². The van der Waals surface area contributed by atoms with Gasteiger partial charge in [0, 0.05) is 36.6 Å². The topological polar surface area (TPSA) is 118 Å². The molecule has 10 heteroatoms. The Balaban J connectivity index is 1.69. The van der Waals surface area contributed by atoms with Crippen molar-refractivity contribution in [3.05, 3.63) is 88.9 Å². The summed E-state index contributed by atoms with van der Waals surface area (Å²) in [6.07, 6.45) is -0.444. The molecule has 0 aliphatic carbocycles. The van der Waals surface area contributed by atoms with Gasteiger partial charge < -0.3 is 30.7 Å². The first-order chi connectivity index (χ1) is 19.2. The number of rotatable bonds is 11. The zero-order valence-corrected chi connectivity index (χ0v) is 23.4. The third-order valence-corrected chi connectivity index (χ3v) is 6.92. The van der Waals surface area contributed by atoms with Gasteiger partial charge in [-0.3, -0.25) is 9.59 Å². The van der Waals surface area contributed by atoms with Crippen LogP contribution in [-0.4, -0.2) is 36.8 Å². The summed E-state index contributed by atoms with van der Waals surface area (Å²) in [6.45, 7) is 5.86. The van der Waals surface area contributed by atoms with Gasteiger partial charge in [-0.05, 0) is 51.1 Å². The van der Waals surface area contributed by atoms with E-state index in [2.05, 4.69) is 21.3 Å². The Labute approximate surface area is 238 Å². The van der Waals surface area contributed by atoms with E-state index in [9.17, 15) is 14.4 Å². The molecular formula is C30H33ClN4O5. The van der Waals surface area contributed by atoms with Crippen molar-refractivity contribution in [2.45, 2.75) is 44.9 Å². The molecule has 3 aromatic rings. The van der Waals surface area contributed by atoms with E-state index in [-0.39, 0.29) is 26.1 Å². The predicted molar refractivity (Wildman–Crippen MR) is 155 cm³/mol. The molecule has 0 saturated heterocycles. The van der Waals surface area contributed by atoms with Gasteiger partial charge in [0.25, 0.3) is 5.91 Å². The van der Waals surface area contributed by atoms with Crippen LogP contribution in [0.25, 0.3) is 0 Å². The summed E-state index contributed by atoms with van der Waals surface area (Å²) in [4.78, 5) is 40.3. The first kappa shape index (κ1) is 29.1. The molecule has 1 atom stereocenters. The fourth-order valence-corrected chi connectivity index (χ4v) is 5.08. The number of carbonyl (C=O) groups excluding carboxylic acids is 3.